The van der Waals surface area contributed by atoms with Gasteiger partial charge in [0.2, 0.25) is 0 Å². The maximum Gasteiger partial charge on any atom is 0.320 e. The van der Waals surface area contributed by atoms with E-state index < -0.39 is 5.97 Å². The Bertz CT molecular complexity index is 356. The highest BCUT2D eigenvalue weighted by molar-refractivity contribution is 7.98. The lowest BCUT2D eigenvalue weighted by molar-refractivity contribution is -0.142. The maximum absolute atomic E-state index is 11.2. The molecule has 3 nitrogen and oxygen atoms in total. The van der Waals surface area contributed by atoms with E-state index in [4.69, 9.17) is 0 Å². The van der Waals surface area contributed by atoms with Crippen molar-refractivity contribution in [1.82, 2.24) is 4.90 Å². The molecule has 1 aromatic carbocycles. The lowest BCUT2D eigenvalue weighted by Gasteiger charge is -2.24. The summed E-state index contributed by atoms with van der Waals surface area (Å²) < 4.78 is 0. The Balaban J connectivity index is 2.46. The van der Waals surface area contributed by atoms with Crippen molar-refractivity contribution in [1.29, 1.82) is 0 Å². The number of carbonyl (C=O) groups is 1. The minimum atomic E-state index is -0.723. The van der Waals surface area contributed by atoms with Crippen molar-refractivity contribution in [3.63, 3.8) is 0 Å². The number of thioether (sulfide) groups is 1. The first-order valence-electron chi connectivity index (χ1n) is 6.11. The molecule has 0 bridgehead atoms. The van der Waals surface area contributed by atoms with Crippen LogP contribution in [0.1, 0.15) is 12.0 Å². The van der Waals surface area contributed by atoms with Crippen LogP contribution in [0.25, 0.3) is 0 Å². The summed E-state index contributed by atoms with van der Waals surface area (Å²) in [5.74, 6) is 0.159. The molecular weight excluding hydrogens is 246 g/mol. The van der Waals surface area contributed by atoms with Gasteiger partial charge in [-0.25, -0.2) is 0 Å². The van der Waals surface area contributed by atoms with E-state index in [0.717, 1.165) is 18.7 Å². The van der Waals surface area contributed by atoms with Crippen molar-refractivity contribution in [2.45, 2.75) is 18.9 Å². The van der Waals surface area contributed by atoms with Crippen LogP contribution < -0.4 is 0 Å². The third kappa shape index (κ3) is 5.10. The molecule has 1 unspecified atom stereocenters. The van der Waals surface area contributed by atoms with Gasteiger partial charge in [-0.05, 0) is 37.5 Å². The van der Waals surface area contributed by atoms with Crippen LogP contribution in [0.3, 0.4) is 0 Å². The average molecular weight is 267 g/mol. The van der Waals surface area contributed by atoms with Crippen LogP contribution in [0.5, 0.6) is 0 Å². The van der Waals surface area contributed by atoms with Gasteiger partial charge in [-0.1, -0.05) is 30.3 Å². The van der Waals surface area contributed by atoms with Crippen LogP contribution >= 0.6 is 11.8 Å². The van der Waals surface area contributed by atoms with Crippen molar-refractivity contribution >= 4 is 17.7 Å². The molecule has 4 heteroatoms. The molecule has 100 valence electrons. The first-order valence-corrected chi connectivity index (χ1v) is 7.50. The van der Waals surface area contributed by atoms with Crippen molar-refractivity contribution in [3.05, 3.63) is 35.9 Å². The number of carboxylic acid groups (broad SMARTS) is 1. The largest absolute Gasteiger partial charge is 0.480 e. The Kier molecular flexibility index (Phi) is 6.83. The minimum absolute atomic E-state index is 0.374. The molecule has 1 rings (SSSR count). The fourth-order valence-corrected chi connectivity index (χ4v) is 2.33. The van der Waals surface area contributed by atoms with Crippen LogP contribution in [-0.2, 0) is 11.2 Å². The van der Waals surface area contributed by atoms with Gasteiger partial charge in [0.1, 0.15) is 6.04 Å². The van der Waals surface area contributed by atoms with E-state index in [0.29, 0.717) is 6.42 Å². The zero-order chi connectivity index (χ0) is 13.4. The van der Waals surface area contributed by atoms with Crippen molar-refractivity contribution in [2.75, 3.05) is 25.6 Å². The SMILES string of the molecule is CSCCC(C(=O)O)N(C)CCc1ccccc1. The summed E-state index contributed by atoms with van der Waals surface area (Å²) in [5.41, 5.74) is 1.25. The Labute approximate surface area is 113 Å². The number of aliphatic carboxylic acids is 1. The third-order valence-corrected chi connectivity index (χ3v) is 3.65. The summed E-state index contributed by atoms with van der Waals surface area (Å²) in [7, 11) is 1.89. The second-order valence-electron chi connectivity index (χ2n) is 4.35. The molecule has 0 aromatic heterocycles. The van der Waals surface area contributed by atoms with Gasteiger partial charge < -0.3 is 5.11 Å². The highest BCUT2D eigenvalue weighted by atomic mass is 32.2. The summed E-state index contributed by atoms with van der Waals surface area (Å²) >= 11 is 1.69. The molecular formula is C14H21NO2S. The van der Waals surface area contributed by atoms with Gasteiger partial charge in [0.15, 0.2) is 0 Å². The van der Waals surface area contributed by atoms with E-state index in [-0.39, 0.29) is 6.04 Å². The average Bonchev–Trinajstić information content (AvgIpc) is 2.37. The molecule has 0 aliphatic carbocycles. The summed E-state index contributed by atoms with van der Waals surface area (Å²) in [6.07, 6.45) is 3.59. The summed E-state index contributed by atoms with van der Waals surface area (Å²) in [4.78, 5) is 13.1. The fourth-order valence-electron chi connectivity index (χ4n) is 1.87. The van der Waals surface area contributed by atoms with E-state index >= 15 is 0 Å². The second kappa shape index (κ2) is 8.16. The van der Waals surface area contributed by atoms with Gasteiger partial charge in [0.25, 0.3) is 0 Å². The number of nitrogens with zero attached hydrogens (tertiary/aromatic N) is 1. The van der Waals surface area contributed by atoms with E-state index in [1.54, 1.807) is 11.8 Å². The summed E-state index contributed by atoms with van der Waals surface area (Å²) in [6.45, 7) is 0.773. The molecule has 0 spiro atoms. The molecule has 0 radical (unpaired) electrons. The normalized spacial score (nSPS) is 12.6. The van der Waals surface area contributed by atoms with Crippen molar-refractivity contribution in [3.8, 4) is 0 Å². The Morgan fingerprint density at radius 2 is 2.06 bits per heavy atom. The molecule has 18 heavy (non-hydrogen) atoms. The number of rotatable bonds is 8. The van der Waals surface area contributed by atoms with Crippen molar-refractivity contribution in [2.24, 2.45) is 0 Å². The predicted octanol–water partition coefficient (Wildman–Crippen LogP) is 2.37. The zero-order valence-electron chi connectivity index (χ0n) is 11.0. The molecule has 0 heterocycles. The van der Waals surface area contributed by atoms with E-state index in [1.165, 1.54) is 5.56 Å². The highest BCUT2D eigenvalue weighted by Gasteiger charge is 2.21. The van der Waals surface area contributed by atoms with Gasteiger partial charge in [0.05, 0.1) is 0 Å². The van der Waals surface area contributed by atoms with Crippen LogP contribution in [0.4, 0.5) is 0 Å². The Morgan fingerprint density at radius 3 is 2.61 bits per heavy atom. The molecule has 0 fully saturated rings. The monoisotopic (exact) mass is 267 g/mol. The fraction of sp³-hybridized carbons (Fsp3) is 0.500. The highest BCUT2D eigenvalue weighted by Crippen LogP contribution is 2.09. The molecule has 0 saturated heterocycles. The first kappa shape index (κ1) is 15.1. The number of carboxylic acids is 1. The van der Waals surface area contributed by atoms with Crippen LogP contribution in [-0.4, -0.2) is 47.6 Å². The molecule has 0 amide bonds. The van der Waals surface area contributed by atoms with Gasteiger partial charge in [-0.2, -0.15) is 11.8 Å². The molecule has 0 aliphatic rings. The van der Waals surface area contributed by atoms with Crippen molar-refractivity contribution < 1.29 is 9.90 Å². The molecule has 0 aliphatic heterocycles. The number of likely N-dealkylation sites (N-methyl/N-ethyl adjacent to an activating group) is 1. The van der Waals surface area contributed by atoms with Crippen LogP contribution in [0.15, 0.2) is 30.3 Å². The molecule has 1 atom stereocenters. The smallest absolute Gasteiger partial charge is 0.320 e. The van der Waals surface area contributed by atoms with Gasteiger partial charge in [0, 0.05) is 6.54 Å². The zero-order valence-corrected chi connectivity index (χ0v) is 11.8. The van der Waals surface area contributed by atoms with Crippen LogP contribution in [0, 0.1) is 0 Å². The minimum Gasteiger partial charge on any atom is -0.480 e. The van der Waals surface area contributed by atoms with E-state index in [2.05, 4.69) is 12.1 Å². The van der Waals surface area contributed by atoms with Crippen LogP contribution in [0.2, 0.25) is 0 Å². The molecule has 1 N–H and O–H groups in total. The summed E-state index contributed by atoms with van der Waals surface area (Å²) in [6, 6.07) is 9.79. The lowest BCUT2D eigenvalue weighted by atomic mass is 10.1. The first-order chi connectivity index (χ1) is 8.65. The van der Waals surface area contributed by atoms with Gasteiger partial charge in [-0.3, -0.25) is 9.69 Å². The van der Waals surface area contributed by atoms with E-state index in [1.807, 2.05) is 36.4 Å². The Morgan fingerprint density at radius 1 is 1.39 bits per heavy atom. The molecule has 1 aromatic rings. The topological polar surface area (TPSA) is 40.5 Å². The van der Waals surface area contributed by atoms with Gasteiger partial charge >= 0.3 is 5.97 Å². The third-order valence-electron chi connectivity index (χ3n) is 3.01. The predicted molar refractivity (Wildman–Crippen MR) is 77.2 cm³/mol. The number of hydrogen-bond donors (Lipinski definition) is 1. The Hall–Kier alpha value is -1.00. The second-order valence-corrected chi connectivity index (χ2v) is 5.34. The standard InChI is InChI=1S/C14H21NO2S/c1-15(13(14(16)17)9-11-18-2)10-8-12-6-4-3-5-7-12/h3-7,13H,8-11H2,1-2H3,(H,16,17). The number of benzene rings is 1. The quantitative estimate of drug-likeness (QED) is 0.785. The maximum atomic E-state index is 11.2. The lowest BCUT2D eigenvalue weighted by Crippen LogP contribution is -2.40. The number of hydrogen-bond acceptors (Lipinski definition) is 3. The van der Waals surface area contributed by atoms with Gasteiger partial charge in [-0.15, -0.1) is 0 Å². The summed E-state index contributed by atoms with van der Waals surface area (Å²) in [5, 5.41) is 9.22. The van der Waals surface area contributed by atoms with E-state index in [9.17, 15) is 9.90 Å². The molecule has 0 saturated carbocycles.